The molecular formula is C19H16N3NaO6S. The van der Waals surface area contributed by atoms with E-state index < -0.39 is 26.7 Å². The fraction of sp³-hybridized carbons (Fsp3) is 0.105. The predicted octanol–water partition coefficient (Wildman–Crippen LogP) is 0.836. The number of carbonyl (C=O) groups is 1. The zero-order valence-corrected chi connectivity index (χ0v) is 19.2. The van der Waals surface area contributed by atoms with Crippen LogP contribution in [-0.4, -0.2) is 31.1 Å². The van der Waals surface area contributed by atoms with Gasteiger partial charge >= 0.3 is 29.6 Å². The SMILES string of the molecule is COc1ccccc1/N=N/c1ccc2c(S(=O)(=O)[O-])ccc(NC(C)=O)c2c1O.[Na+]. The van der Waals surface area contributed by atoms with Crippen LogP contribution in [-0.2, 0) is 14.9 Å². The molecule has 2 N–H and O–H groups in total. The Labute approximate surface area is 194 Å². The van der Waals surface area contributed by atoms with Crippen LogP contribution >= 0.6 is 0 Å². The van der Waals surface area contributed by atoms with Gasteiger partial charge in [0.05, 0.1) is 23.1 Å². The Balaban J connectivity index is 0.00000320. The molecule has 0 saturated carbocycles. The van der Waals surface area contributed by atoms with Crippen molar-refractivity contribution in [2.45, 2.75) is 11.8 Å². The maximum atomic E-state index is 11.6. The van der Waals surface area contributed by atoms with E-state index in [1.165, 1.54) is 32.2 Å². The number of carbonyl (C=O) groups excluding carboxylic acids is 1. The monoisotopic (exact) mass is 437 g/mol. The van der Waals surface area contributed by atoms with Gasteiger partial charge in [-0.15, -0.1) is 10.2 Å². The number of rotatable bonds is 5. The molecule has 3 rings (SSSR count). The first-order valence-electron chi connectivity index (χ1n) is 8.29. The average Bonchev–Trinajstić information content (AvgIpc) is 2.66. The Bertz CT molecular complexity index is 1240. The number of methoxy groups -OCH3 is 1. The largest absolute Gasteiger partial charge is 1.00 e. The van der Waals surface area contributed by atoms with E-state index in [1.54, 1.807) is 24.3 Å². The normalized spacial score (nSPS) is 11.3. The standard InChI is InChI=1S/C19H17N3O6S.Na/c1-11(23)20-14-9-10-17(29(25,26)27)12-7-8-15(19(24)18(12)14)22-21-13-5-3-4-6-16(13)28-2;/h3-10,24H,1-2H3,(H,20,23)(H,25,26,27);/q;+1/p-1/b22-21+;. The van der Waals surface area contributed by atoms with Gasteiger partial charge in [0.15, 0.2) is 5.75 Å². The molecule has 0 aliphatic rings. The Hall–Kier alpha value is -2.50. The topological polar surface area (TPSA) is 140 Å². The van der Waals surface area contributed by atoms with Crippen LogP contribution in [0.15, 0.2) is 63.7 Å². The fourth-order valence-electron chi connectivity index (χ4n) is 2.80. The third kappa shape index (κ3) is 4.97. The second kappa shape index (κ2) is 9.54. The van der Waals surface area contributed by atoms with Crippen molar-refractivity contribution in [1.29, 1.82) is 0 Å². The number of amides is 1. The molecule has 3 aromatic carbocycles. The molecule has 30 heavy (non-hydrogen) atoms. The number of anilines is 1. The van der Waals surface area contributed by atoms with Crippen molar-refractivity contribution in [3.63, 3.8) is 0 Å². The van der Waals surface area contributed by atoms with Crippen molar-refractivity contribution in [3.05, 3.63) is 48.5 Å². The number of fused-ring (bicyclic) bond motifs is 1. The summed E-state index contributed by atoms with van der Waals surface area (Å²) in [6, 6.07) is 11.8. The molecule has 0 spiro atoms. The number of nitrogens with one attached hydrogen (secondary N) is 1. The number of benzene rings is 3. The fourth-order valence-corrected chi connectivity index (χ4v) is 3.48. The zero-order chi connectivity index (χ0) is 21.2. The Morgan fingerprint density at radius 3 is 2.37 bits per heavy atom. The quantitative estimate of drug-likeness (QED) is 0.344. The number of azo groups is 1. The molecule has 11 heteroatoms. The van der Waals surface area contributed by atoms with Gasteiger partial charge in [-0.1, -0.05) is 18.2 Å². The molecule has 0 fully saturated rings. The molecule has 0 aromatic heterocycles. The number of aromatic hydroxyl groups is 1. The van der Waals surface area contributed by atoms with Crippen LogP contribution in [0.3, 0.4) is 0 Å². The maximum absolute atomic E-state index is 11.6. The molecule has 3 aromatic rings. The van der Waals surface area contributed by atoms with E-state index >= 15 is 0 Å². The van der Waals surface area contributed by atoms with Crippen molar-refractivity contribution in [1.82, 2.24) is 0 Å². The Morgan fingerprint density at radius 1 is 1.07 bits per heavy atom. The Morgan fingerprint density at radius 2 is 1.73 bits per heavy atom. The third-order valence-electron chi connectivity index (χ3n) is 4.02. The molecule has 0 unspecified atom stereocenters. The van der Waals surface area contributed by atoms with Crippen molar-refractivity contribution in [2.75, 3.05) is 12.4 Å². The van der Waals surface area contributed by atoms with Crippen molar-refractivity contribution in [2.24, 2.45) is 10.2 Å². The molecule has 0 aliphatic heterocycles. The number of nitrogens with zero attached hydrogens (tertiary/aromatic N) is 2. The van der Waals surface area contributed by atoms with Gasteiger partial charge in [-0.05, 0) is 30.3 Å². The zero-order valence-electron chi connectivity index (χ0n) is 16.4. The summed E-state index contributed by atoms with van der Waals surface area (Å²) in [6.45, 7) is 1.26. The van der Waals surface area contributed by atoms with Gasteiger partial charge in [0, 0.05) is 12.3 Å². The number of phenolic OH excluding ortho intramolecular Hbond substituents is 1. The summed E-state index contributed by atoms with van der Waals surface area (Å²) in [7, 11) is -3.33. The minimum absolute atomic E-state index is 0. The molecule has 9 nitrogen and oxygen atoms in total. The van der Waals surface area contributed by atoms with E-state index in [0.29, 0.717) is 11.4 Å². The number of phenols is 1. The number of para-hydroxylation sites is 1. The smallest absolute Gasteiger partial charge is 0.744 e. The van der Waals surface area contributed by atoms with E-state index in [0.717, 1.165) is 6.07 Å². The van der Waals surface area contributed by atoms with Gasteiger partial charge in [0.1, 0.15) is 27.2 Å². The molecule has 1 amide bonds. The number of ether oxygens (including phenoxy) is 1. The summed E-state index contributed by atoms with van der Waals surface area (Å²) >= 11 is 0. The summed E-state index contributed by atoms with van der Waals surface area (Å²) in [4.78, 5) is 11.0. The first-order valence-corrected chi connectivity index (χ1v) is 9.70. The number of hydrogen-bond donors (Lipinski definition) is 2. The summed E-state index contributed by atoms with van der Waals surface area (Å²) in [5, 5.41) is 21.2. The van der Waals surface area contributed by atoms with Crippen LogP contribution in [0, 0.1) is 0 Å². The predicted molar refractivity (Wildman–Crippen MR) is 105 cm³/mol. The summed E-state index contributed by atoms with van der Waals surface area (Å²) in [5.41, 5.74) is 0.551. The molecule has 0 saturated heterocycles. The number of hydrogen-bond acceptors (Lipinski definition) is 8. The summed E-state index contributed by atoms with van der Waals surface area (Å²) < 4.78 is 39.9. The van der Waals surface area contributed by atoms with Crippen molar-refractivity contribution in [3.8, 4) is 11.5 Å². The van der Waals surface area contributed by atoms with Crippen molar-refractivity contribution >= 4 is 43.9 Å². The minimum atomic E-state index is -4.81. The second-order valence-electron chi connectivity index (χ2n) is 5.97. The first kappa shape index (κ1) is 23.8. The Kier molecular flexibility index (Phi) is 7.56. The molecule has 0 heterocycles. The maximum Gasteiger partial charge on any atom is 1.00 e. The van der Waals surface area contributed by atoms with Gasteiger partial charge < -0.3 is 19.7 Å². The van der Waals surface area contributed by atoms with E-state index in [9.17, 15) is 22.9 Å². The van der Waals surface area contributed by atoms with Gasteiger partial charge in [-0.2, -0.15) is 0 Å². The first-order chi connectivity index (χ1) is 13.7. The van der Waals surface area contributed by atoms with Gasteiger partial charge in [0.25, 0.3) is 0 Å². The van der Waals surface area contributed by atoms with Crippen LogP contribution in [0.2, 0.25) is 0 Å². The van der Waals surface area contributed by atoms with E-state index in [1.807, 2.05) is 0 Å². The van der Waals surface area contributed by atoms with Gasteiger partial charge in [-0.25, -0.2) is 8.42 Å². The average molecular weight is 437 g/mol. The molecular weight excluding hydrogens is 421 g/mol. The molecule has 0 bridgehead atoms. The van der Waals surface area contributed by atoms with Crippen LogP contribution in [0.4, 0.5) is 17.1 Å². The second-order valence-corrected chi connectivity index (χ2v) is 7.32. The molecule has 0 atom stereocenters. The van der Waals surface area contributed by atoms with E-state index in [4.69, 9.17) is 4.74 Å². The molecule has 0 aliphatic carbocycles. The molecule has 150 valence electrons. The van der Waals surface area contributed by atoms with Crippen LogP contribution < -0.4 is 39.6 Å². The van der Waals surface area contributed by atoms with Gasteiger partial charge in [0.2, 0.25) is 5.91 Å². The van der Waals surface area contributed by atoms with Gasteiger partial charge in [-0.3, -0.25) is 4.79 Å². The van der Waals surface area contributed by atoms with E-state index in [2.05, 4.69) is 15.5 Å². The van der Waals surface area contributed by atoms with Crippen LogP contribution in [0.5, 0.6) is 11.5 Å². The van der Waals surface area contributed by atoms with Crippen LogP contribution in [0.25, 0.3) is 10.8 Å². The van der Waals surface area contributed by atoms with Crippen molar-refractivity contribution < 1.29 is 57.2 Å². The summed E-state index contributed by atoms with van der Waals surface area (Å²) in [6.07, 6.45) is 0. The van der Waals surface area contributed by atoms with Crippen LogP contribution in [0.1, 0.15) is 6.92 Å². The minimum Gasteiger partial charge on any atom is -0.744 e. The third-order valence-corrected chi connectivity index (χ3v) is 4.92. The van der Waals surface area contributed by atoms with E-state index in [-0.39, 0.29) is 51.7 Å². The summed E-state index contributed by atoms with van der Waals surface area (Å²) in [5.74, 6) is -0.407. The molecule has 0 radical (unpaired) electrons.